The van der Waals surface area contributed by atoms with Crippen molar-refractivity contribution in [3.63, 3.8) is 0 Å². The van der Waals surface area contributed by atoms with Crippen LogP contribution in [-0.4, -0.2) is 53.1 Å². The zero-order valence-corrected chi connectivity index (χ0v) is 19.1. The van der Waals surface area contributed by atoms with E-state index < -0.39 is 15.9 Å². The molecule has 2 aliphatic heterocycles. The highest BCUT2D eigenvalue weighted by molar-refractivity contribution is 7.89. The molecule has 0 aliphatic carbocycles. The maximum absolute atomic E-state index is 12.7. The Morgan fingerprint density at radius 3 is 2.70 bits per heavy atom. The minimum Gasteiger partial charge on any atom is -0.497 e. The number of hydrogen-bond acceptors (Lipinski definition) is 6. The maximum Gasteiger partial charge on any atom is 0.240 e. The van der Waals surface area contributed by atoms with Crippen molar-refractivity contribution in [2.75, 3.05) is 37.0 Å². The summed E-state index contributed by atoms with van der Waals surface area (Å²) in [7, 11) is -2.11. The molecule has 0 unspecified atom stereocenters. The van der Waals surface area contributed by atoms with Gasteiger partial charge in [0.05, 0.1) is 24.0 Å². The van der Waals surface area contributed by atoms with Crippen LogP contribution in [0.1, 0.15) is 19.3 Å². The molecule has 2 atom stereocenters. The van der Waals surface area contributed by atoms with E-state index in [9.17, 15) is 18.0 Å². The van der Waals surface area contributed by atoms with Crippen LogP contribution < -0.4 is 19.7 Å². The van der Waals surface area contributed by atoms with Gasteiger partial charge in [-0.2, -0.15) is 0 Å². The van der Waals surface area contributed by atoms with Crippen molar-refractivity contribution >= 4 is 33.2 Å². The van der Waals surface area contributed by atoms with E-state index in [1.807, 2.05) is 0 Å². The van der Waals surface area contributed by atoms with Gasteiger partial charge in [0.15, 0.2) is 0 Å². The quantitative estimate of drug-likeness (QED) is 0.607. The Morgan fingerprint density at radius 1 is 1.21 bits per heavy atom. The third kappa shape index (κ3) is 5.52. The fourth-order valence-electron chi connectivity index (χ4n) is 3.96. The van der Waals surface area contributed by atoms with Gasteiger partial charge in [-0.15, -0.1) is 0 Å². The van der Waals surface area contributed by atoms with Crippen LogP contribution in [0.3, 0.4) is 0 Å². The first kappa shape index (κ1) is 23.2. The van der Waals surface area contributed by atoms with Crippen LogP contribution in [0.2, 0.25) is 0 Å². The summed E-state index contributed by atoms with van der Waals surface area (Å²) in [6, 6.07) is 13.1. The van der Waals surface area contributed by atoms with Gasteiger partial charge in [-0.3, -0.25) is 9.59 Å². The molecule has 9 nitrogen and oxygen atoms in total. The number of sulfonamides is 1. The fraction of sp³-hybridized carbons (Fsp3) is 0.391. The standard InChI is InChI=1S/C23H27N3O6S/c1-31-19-5-2-4-18(13-19)26-15-16(12-22(26)27)23(28)25-17-7-9-21(10-8-17)33(29,30)24-14-20-6-3-11-32-20/h2,4-5,7-10,13,16,20,24H,3,6,11-12,14-15H2,1H3,(H,25,28)/t16-,20-/m0/s1. The zero-order valence-electron chi connectivity index (χ0n) is 18.3. The normalized spacial score (nSPS) is 20.8. The number of carbonyl (C=O) groups excluding carboxylic acids is 2. The van der Waals surface area contributed by atoms with Crippen molar-refractivity contribution in [1.82, 2.24) is 4.72 Å². The SMILES string of the molecule is COc1cccc(N2C[C@@H](C(=O)Nc3ccc(S(=O)(=O)NC[C@@H]4CCCO4)cc3)CC2=O)c1. The molecule has 0 radical (unpaired) electrons. The number of methoxy groups -OCH3 is 1. The summed E-state index contributed by atoms with van der Waals surface area (Å²) in [5.41, 5.74) is 1.14. The van der Waals surface area contributed by atoms with Crippen molar-refractivity contribution < 1.29 is 27.5 Å². The van der Waals surface area contributed by atoms with Crippen molar-refractivity contribution in [2.45, 2.75) is 30.3 Å². The number of amides is 2. The molecular weight excluding hydrogens is 446 g/mol. The summed E-state index contributed by atoms with van der Waals surface area (Å²) in [4.78, 5) is 26.9. The average Bonchev–Trinajstić information content (AvgIpc) is 3.48. The number of ether oxygens (including phenoxy) is 2. The second kappa shape index (κ2) is 9.90. The van der Waals surface area contributed by atoms with Gasteiger partial charge >= 0.3 is 0 Å². The minimum absolute atomic E-state index is 0.0935. The molecular formula is C23H27N3O6S. The smallest absolute Gasteiger partial charge is 0.240 e. The van der Waals surface area contributed by atoms with Crippen LogP contribution >= 0.6 is 0 Å². The maximum atomic E-state index is 12.7. The summed E-state index contributed by atoms with van der Waals surface area (Å²) >= 11 is 0. The fourth-order valence-corrected chi connectivity index (χ4v) is 5.03. The minimum atomic E-state index is -3.66. The van der Waals surface area contributed by atoms with E-state index >= 15 is 0 Å². The molecule has 176 valence electrons. The van der Waals surface area contributed by atoms with Gasteiger partial charge in [0.2, 0.25) is 21.8 Å². The van der Waals surface area contributed by atoms with E-state index in [0.29, 0.717) is 23.7 Å². The first-order valence-electron chi connectivity index (χ1n) is 10.8. The molecule has 0 saturated carbocycles. The number of anilines is 2. The van der Waals surface area contributed by atoms with E-state index in [4.69, 9.17) is 9.47 Å². The molecule has 10 heteroatoms. The van der Waals surface area contributed by atoms with Gasteiger partial charge in [-0.1, -0.05) is 6.07 Å². The Kier molecular flexibility index (Phi) is 6.96. The lowest BCUT2D eigenvalue weighted by Crippen LogP contribution is -2.31. The molecule has 2 aliphatic rings. The van der Waals surface area contributed by atoms with Crippen molar-refractivity contribution in [3.05, 3.63) is 48.5 Å². The predicted molar refractivity (Wildman–Crippen MR) is 123 cm³/mol. The third-order valence-electron chi connectivity index (χ3n) is 5.82. The van der Waals surface area contributed by atoms with Crippen molar-refractivity contribution in [1.29, 1.82) is 0 Å². The van der Waals surface area contributed by atoms with E-state index in [0.717, 1.165) is 12.8 Å². The van der Waals surface area contributed by atoms with E-state index in [-0.39, 0.29) is 42.3 Å². The van der Waals surface area contributed by atoms with Gasteiger partial charge < -0.3 is 19.7 Å². The lowest BCUT2D eigenvalue weighted by molar-refractivity contribution is -0.122. The highest BCUT2D eigenvalue weighted by Crippen LogP contribution is 2.28. The monoisotopic (exact) mass is 473 g/mol. The Bertz CT molecular complexity index is 1110. The van der Waals surface area contributed by atoms with E-state index in [1.165, 1.54) is 24.3 Å². The Balaban J connectivity index is 1.35. The third-order valence-corrected chi connectivity index (χ3v) is 7.26. The molecule has 0 aromatic heterocycles. The molecule has 4 rings (SSSR count). The van der Waals surface area contributed by atoms with Crippen molar-refractivity contribution in [2.24, 2.45) is 5.92 Å². The lowest BCUT2D eigenvalue weighted by Gasteiger charge is -2.17. The van der Waals surface area contributed by atoms with Crippen LogP contribution in [0, 0.1) is 5.92 Å². The molecule has 2 aromatic carbocycles. The average molecular weight is 474 g/mol. The summed E-state index contributed by atoms with van der Waals surface area (Å²) < 4.78 is 38.2. The lowest BCUT2D eigenvalue weighted by atomic mass is 10.1. The molecule has 2 saturated heterocycles. The Morgan fingerprint density at radius 2 is 2.00 bits per heavy atom. The number of hydrogen-bond donors (Lipinski definition) is 2. The van der Waals surface area contributed by atoms with Crippen LogP contribution in [0.4, 0.5) is 11.4 Å². The number of nitrogens with one attached hydrogen (secondary N) is 2. The van der Waals surface area contributed by atoms with E-state index in [1.54, 1.807) is 36.3 Å². The topological polar surface area (TPSA) is 114 Å². The summed E-state index contributed by atoms with van der Waals surface area (Å²) in [6.07, 6.45) is 1.78. The largest absolute Gasteiger partial charge is 0.497 e. The summed E-state index contributed by atoms with van der Waals surface area (Å²) in [5, 5.41) is 2.78. The van der Waals surface area contributed by atoms with Crippen LogP contribution in [0.15, 0.2) is 53.4 Å². The molecule has 0 bridgehead atoms. The van der Waals surface area contributed by atoms with E-state index in [2.05, 4.69) is 10.0 Å². The number of rotatable bonds is 8. The predicted octanol–water partition coefficient (Wildman–Crippen LogP) is 2.14. The van der Waals surface area contributed by atoms with Crippen LogP contribution in [-0.2, 0) is 24.3 Å². The molecule has 33 heavy (non-hydrogen) atoms. The second-order valence-corrected chi connectivity index (χ2v) is 9.87. The van der Waals surface area contributed by atoms with Gasteiger partial charge in [0.25, 0.3) is 0 Å². The van der Waals surface area contributed by atoms with Gasteiger partial charge in [0.1, 0.15) is 5.75 Å². The first-order chi connectivity index (χ1) is 15.9. The Labute approximate surface area is 193 Å². The number of benzene rings is 2. The Hall–Kier alpha value is -2.95. The highest BCUT2D eigenvalue weighted by atomic mass is 32.2. The van der Waals surface area contributed by atoms with Crippen LogP contribution in [0.5, 0.6) is 5.75 Å². The number of nitrogens with zero attached hydrogens (tertiary/aromatic N) is 1. The van der Waals surface area contributed by atoms with Crippen molar-refractivity contribution in [3.8, 4) is 5.75 Å². The molecule has 2 N–H and O–H groups in total. The number of carbonyl (C=O) groups is 2. The highest BCUT2D eigenvalue weighted by Gasteiger charge is 2.35. The van der Waals surface area contributed by atoms with Gasteiger partial charge in [0, 0.05) is 43.6 Å². The molecule has 0 spiro atoms. The summed E-state index contributed by atoms with van der Waals surface area (Å²) in [5.74, 6) is -0.309. The van der Waals surface area contributed by atoms with Gasteiger partial charge in [-0.25, -0.2) is 13.1 Å². The molecule has 2 amide bonds. The molecule has 2 heterocycles. The zero-order chi connectivity index (χ0) is 23.4. The first-order valence-corrected chi connectivity index (χ1v) is 12.3. The van der Waals surface area contributed by atoms with Crippen LogP contribution in [0.25, 0.3) is 0 Å². The summed E-state index contributed by atoms with van der Waals surface area (Å²) in [6.45, 7) is 1.16. The second-order valence-electron chi connectivity index (χ2n) is 8.11. The molecule has 2 aromatic rings. The molecule has 2 fully saturated rings. The van der Waals surface area contributed by atoms with Gasteiger partial charge in [-0.05, 0) is 49.2 Å².